The average molecular weight is 373 g/mol. The van der Waals surface area contributed by atoms with E-state index in [2.05, 4.69) is 34.9 Å². The summed E-state index contributed by atoms with van der Waals surface area (Å²) in [4.78, 5) is 9.72. The Morgan fingerprint density at radius 1 is 0.828 bits per heavy atom. The Labute approximate surface area is 166 Å². The molecule has 6 aromatic rings. The van der Waals surface area contributed by atoms with Crippen LogP contribution in [0.4, 0.5) is 0 Å². The molecule has 0 aliphatic carbocycles. The van der Waals surface area contributed by atoms with Crippen LogP contribution in [0.25, 0.3) is 38.7 Å². The lowest BCUT2D eigenvalue weighted by atomic mass is 10.1. The van der Waals surface area contributed by atoms with E-state index in [1.807, 2.05) is 59.1 Å². The first-order valence-corrected chi connectivity index (χ1v) is 9.47. The van der Waals surface area contributed by atoms with Gasteiger partial charge in [-0.2, -0.15) is 5.26 Å². The number of aromatic nitrogens is 4. The van der Waals surface area contributed by atoms with E-state index in [0.29, 0.717) is 23.3 Å². The second-order valence-corrected chi connectivity index (χ2v) is 7.10. The summed E-state index contributed by atoms with van der Waals surface area (Å²) < 4.78 is 4.14. The predicted molar refractivity (Wildman–Crippen MR) is 114 cm³/mol. The molecule has 0 fully saturated rings. The molecule has 0 saturated carbocycles. The molecule has 6 rings (SSSR count). The Morgan fingerprint density at radius 3 is 2.48 bits per heavy atom. The van der Waals surface area contributed by atoms with Gasteiger partial charge in [0.05, 0.1) is 11.1 Å². The van der Waals surface area contributed by atoms with Crippen LogP contribution in [0, 0.1) is 11.3 Å². The number of hydrogen-bond acceptors (Lipinski definition) is 3. The minimum Gasteiger partial charge on any atom is -0.321 e. The Bertz CT molecular complexity index is 1580. The Kier molecular flexibility index (Phi) is 3.23. The largest absolute Gasteiger partial charge is 0.321 e. The second-order valence-electron chi connectivity index (χ2n) is 7.10. The highest BCUT2D eigenvalue weighted by molar-refractivity contribution is 6.13. The highest BCUT2D eigenvalue weighted by Gasteiger charge is 2.21. The van der Waals surface area contributed by atoms with E-state index in [4.69, 9.17) is 9.97 Å². The molecule has 0 saturated heterocycles. The van der Waals surface area contributed by atoms with Gasteiger partial charge >= 0.3 is 0 Å². The molecule has 136 valence electrons. The summed E-state index contributed by atoms with van der Waals surface area (Å²) in [7, 11) is 0. The van der Waals surface area contributed by atoms with E-state index >= 15 is 0 Å². The van der Waals surface area contributed by atoms with E-state index in [9.17, 15) is 5.26 Å². The summed E-state index contributed by atoms with van der Waals surface area (Å²) in [5, 5.41) is 12.0. The molecule has 0 spiro atoms. The summed E-state index contributed by atoms with van der Waals surface area (Å²) in [6.07, 6.45) is 1.94. The highest BCUT2D eigenvalue weighted by atomic mass is 15.1. The smallest absolute Gasteiger partial charge is 0.168 e. The molecule has 5 nitrogen and oxygen atoms in total. The van der Waals surface area contributed by atoms with Crippen LogP contribution in [-0.2, 0) is 6.54 Å². The molecular formula is C24H15N5. The molecule has 0 aliphatic rings. The van der Waals surface area contributed by atoms with Gasteiger partial charge in [0.2, 0.25) is 0 Å². The molecule has 0 bridgehead atoms. The lowest BCUT2D eigenvalue weighted by Gasteiger charge is -2.07. The van der Waals surface area contributed by atoms with Crippen molar-refractivity contribution in [1.82, 2.24) is 18.9 Å². The van der Waals surface area contributed by atoms with Crippen molar-refractivity contribution in [1.29, 1.82) is 5.26 Å². The van der Waals surface area contributed by atoms with Crippen LogP contribution in [0.3, 0.4) is 0 Å². The minimum absolute atomic E-state index is 0.580. The standard InChI is InChI=1S/C24H15N5/c25-14-18-21-17-10-4-5-11-19(17)29(15-16-8-2-1-3-9-16)23(21)27-24-22(18)26-20-12-6-7-13-28(20)24/h1-13H,15H2. The number of hydrogen-bond donors (Lipinski definition) is 0. The van der Waals surface area contributed by atoms with Gasteiger partial charge in [-0.05, 0) is 23.8 Å². The highest BCUT2D eigenvalue weighted by Crippen LogP contribution is 2.34. The lowest BCUT2D eigenvalue weighted by Crippen LogP contribution is -2.01. The number of benzene rings is 2. The number of nitrogens with zero attached hydrogens (tertiary/aromatic N) is 5. The monoisotopic (exact) mass is 373 g/mol. The van der Waals surface area contributed by atoms with Crippen molar-refractivity contribution < 1.29 is 0 Å². The summed E-state index contributed by atoms with van der Waals surface area (Å²) in [6, 6.07) is 26.7. The van der Waals surface area contributed by atoms with Gasteiger partial charge < -0.3 is 4.57 Å². The molecular weight excluding hydrogens is 358 g/mol. The predicted octanol–water partition coefficient (Wildman–Crippen LogP) is 4.91. The fourth-order valence-corrected chi connectivity index (χ4v) is 4.16. The molecule has 0 unspecified atom stereocenters. The van der Waals surface area contributed by atoms with Crippen molar-refractivity contribution in [2.45, 2.75) is 6.54 Å². The van der Waals surface area contributed by atoms with E-state index in [-0.39, 0.29) is 0 Å². The Hall–Kier alpha value is -4.17. The molecule has 0 radical (unpaired) electrons. The number of fused-ring (bicyclic) bond motifs is 6. The van der Waals surface area contributed by atoms with Gasteiger partial charge in [-0.25, -0.2) is 9.97 Å². The summed E-state index contributed by atoms with van der Waals surface area (Å²) in [5.74, 6) is 0. The summed E-state index contributed by atoms with van der Waals surface area (Å²) in [6.45, 7) is 0.685. The Balaban J connectivity index is 1.80. The molecule has 0 aliphatic heterocycles. The number of pyridine rings is 2. The molecule has 0 amide bonds. The first-order chi connectivity index (χ1) is 14.3. The zero-order valence-corrected chi connectivity index (χ0v) is 15.4. The normalized spacial score (nSPS) is 11.6. The van der Waals surface area contributed by atoms with Crippen molar-refractivity contribution in [3.63, 3.8) is 0 Å². The van der Waals surface area contributed by atoms with Gasteiger partial charge in [0.15, 0.2) is 5.65 Å². The molecule has 0 atom stereocenters. The fraction of sp³-hybridized carbons (Fsp3) is 0.0417. The molecule has 2 aromatic carbocycles. The van der Waals surface area contributed by atoms with Crippen LogP contribution in [0.2, 0.25) is 0 Å². The second kappa shape index (κ2) is 5.91. The van der Waals surface area contributed by atoms with Crippen molar-refractivity contribution >= 4 is 38.7 Å². The third kappa shape index (κ3) is 2.20. The topological polar surface area (TPSA) is 58.9 Å². The number of rotatable bonds is 2. The summed E-state index contributed by atoms with van der Waals surface area (Å²) >= 11 is 0. The molecule has 4 aromatic heterocycles. The molecule has 5 heteroatoms. The number of nitriles is 1. The van der Waals surface area contributed by atoms with Gasteiger partial charge in [0, 0.05) is 23.5 Å². The van der Waals surface area contributed by atoms with E-state index in [1.165, 1.54) is 5.56 Å². The zero-order chi connectivity index (χ0) is 19.4. The van der Waals surface area contributed by atoms with Crippen LogP contribution in [0.5, 0.6) is 0 Å². The third-order valence-electron chi connectivity index (χ3n) is 5.44. The lowest BCUT2D eigenvalue weighted by molar-refractivity contribution is 0.857. The van der Waals surface area contributed by atoms with Crippen molar-refractivity contribution in [2.75, 3.05) is 0 Å². The van der Waals surface area contributed by atoms with E-state index in [1.54, 1.807) is 0 Å². The van der Waals surface area contributed by atoms with Crippen LogP contribution in [-0.4, -0.2) is 18.9 Å². The van der Waals surface area contributed by atoms with Crippen LogP contribution in [0.15, 0.2) is 79.0 Å². The first kappa shape index (κ1) is 15.8. The van der Waals surface area contributed by atoms with Gasteiger partial charge in [0.25, 0.3) is 0 Å². The maximum atomic E-state index is 10.1. The fourth-order valence-electron chi connectivity index (χ4n) is 4.16. The zero-order valence-electron chi connectivity index (χ0n) is 15.4. The quantitative estimate of drug-likeness (QED) is 0.433. The van der Waals surface area contributed by atoms with Gasteiger partial charge in [0.1, 0.15) is 22.9 Å². The molecule has 4 heterocycles. The van der Waals surface area contributed by atoms with Crippen molar-refractivity contribution in [2.24, 2.45) is 0 Å². The van der Waals surface area contributed by atoms with E-state index < -0.39 is 0 Å². The van der Waals surface area contributed by atoms with Gasteiger partial charge in [-0.3, -0.25) is 4.40 Å². The van der Waals surface area contributed by atoms with Crippen LogP contribution in [0.1, 0.15) is 11.1 Å². The third-order valence-corrected chi connectivity index (χ3v) is 5.44. The first-order valence-electron chi connectivity index (χ1n) is 9.47. The Morgan fingerprint density at radius 2 is 1.62 bits per heavy atom. The van der Waals surface area contributed by atoms with Gasteiger partial charge in [-0.1, -0.05) is 54.6 Å². The minimum atomic E-state index is 0.580. The maximum absolute atomic E-state index is 10.1. The molecule has 29 heavy (non-hydrogen) atoms. The maximum Gasteiger partial charge on any atom is 0.168 e. The van der Waals surface area contributed by atoms with Crippen LogP contribution >= 0.6 is 0 Å². The molecule has 0 N–H and O–H groups in total. The number of para-hydroxylation sites is 1. The van der Waals surface area contributed by atoms with Crippen LogP contribution < -0.4 is 0 Å². The van der Waals surface area contributed by atoms with Gasteiger partial charge in [-0.15, -0.1) is 0 Å². The van der Waals surface area contributed by atoms with Crippen molar-refractivity contribution in [3.8, 4) is 6.07 Å². The van der Waals surface area contributed by atoms with E-state index in [0.717, 1.165) is 27.6 Å². The SMILES string of the molecule is N#Cc1c2nc3ccccn3c2nc2c1c1ccccc1n2Cc1ccccc1. The summed E-state index contributed by atoms with van der Waals surface area (Å²) in [5.41, 5.74) is 5.79. The number of imidazole rings is 1. The van der Waals surface area contributed by atoms with Crippen molar-refractivity contribution in [3.05, 3.63) is 90.1 Å². The average Bonchev–Trinajstić information content (AvgIpc) is 3.29.